The van der Waals surface area contributed by atoms with Crippen LogP contribution in [0.15, 0.2) is 53.4 Å². The second kappa shape index (κ2) is 8.10. The highest BCUT2D eigenvalue weighted by Gasteiger charge is 2.32. The first kappa shape index (κ1) is 20.9. The maximum atomic E-state index is 12.8. The summed E-state index contributed by atoms with van der Waals surface area (Å²) in [6.07, 6.45) is -3.99. The highest BCUT2D eigenvalue weighted by molar-refractivity contribution is 7.89. The predicted molar refractivity (Wildman–Crippen MR) is 95.7 cm³/mol. The molecule has 27 heavy (non-hydrogen) atoms. The topological polar surface area (TPSA) is 66.5 Å². The zero-order valence-electron chi connectivity index (χ0n) is 14.7. The van der Waals surface area contributed by atoms with Gasteiger partial charge in [0.2, 0.25) is 15.9 Å². The van der Waals surface area contributed by atoms with Crippen molar-refractivity contribution in [2.45, 2.75) is 24.4 Å². The van der Waals surface area contributed by atoms with E-state index < -0.39 is 39.1 Å². The molecule has 0 aliphatic heterocycles. The number of hydrogen-bond donors (Lipinski definition) is 1. The van der Waals surface area contributed by atoms with Crippen LogP contribution in [0, 0.1) is 0 Å². The van der Waals surface area contributed by atoms with Crippen LogP contribution in [0.2, 0.25) is 0 Å². The molecule has 0 atom stereocenters. The lowest BCUT2D eigenvalue weighted by atomic mass is 10.1. The van der Waals surface area contributed by atoms with Crippen LogP contribution in [0.3, 0.4) is 0 Å². The van der Waals surface area contributed by atoms with Crippen molar-refractivity contribution in [3.63, 3.8) is 0 Å². The Kier molecular flexibility index (Phi) is 6.27. The maximum absolute atomic E-state index is 12.8. The number of para-hydroxylation sites is 1. The van der Waals surface area contributed by atoms with Crippen LogP contribution in [-0.4, -0.2) is 32.2 Å². The van der Waals surface area contributed by atoms with Crippen molar-refractivity contribution >= 4 is 21.6 Å². The minimum absolute atomic E-state index is 0.526. The third-order valence-electron chi connectivity index (χ3n) is 3.91. The van der Waals surface area contributed by atoms with Crippen LogP contribution in [0.5, 0.6) is 0 Å². The third-order valence-corrected chi connectivity index (χ3v) is 5.71. The highest BCUT2D eigenvalue weighted by atomic mass is 32.2. The number of rotatable bonds is 6. The molecule has 146 valence electrons. The molecule has 0 saturated carbocycles. The molecule has 2 aromatic carbocycles. The van der Waals surface area contributed by atoms with Crippen LogP contribution in [0.25, 0.3) is 0 Å². The van der Waals surface area contributed by atoms with Crippen LogP contribution in [0.1, 0.15) is 18.1 Å². The molecule has 5 nitrogen and oxygen atoms in total. The molecule has 2 aromatic rings. The van der Waals surface area contributed by atoms with Gasteiger partial charge in [-0.25, -0.2) is 8.42 Å². The Balaban J connectivity index is 2.17. The lowest BCUT2D eigenvalue weighted by molar-refractivity contribution is -0.137. The van der Waals surface area contributed by atoms with Crippen molar-refractivity contribution in [3.05, 3.63) is 59.7 Å². The summed E-state index contributed by atoms with van der Waals surface area (Å²) in [5.41, 5.74) is 0.377. The Labute approximate surface area is 155 Å². The van der Waals surface area contributed by atoms with Crippen molar-refractivity contribution < 1.29 is 26.4 Å². The summed E-state index contributed by atoms with van der Waals surface area (Å²) in [6, 6.07) is 10.5. The molecule has 9 heteroatoms. The SMILES string of the molecule is CCc1ccccc1NC(=O)CN(C)S(=O)(=O)c1cccc(C(F)(F)F)c1. The summed E-state index contributed by atoms with van der Waals surface area (Å²) in [6.45, 7) is 1.38. The molecule has 0 radical (unpaired) electrons. The minimum atomic E-state index is -4.66. The Morgan fingerprint density at radius 1 is 1.11 bits per heavy atom. The third kappa shape index (κ3) is 5.08. The largest absolute Gasteiger partial charge is 0.416 e. The fraction of sp³-hybridized carbons (Fsp3) is 0.278. The summed E-state index contributed by atoms with van der Waals surface area (Å²) in [4.78, 5) is 11.7. The first-order chi connectivity index (χ1) is 12.6. The number of likely N-dealkylation sites (N-methyl/N-ethyl adjacent to an activating group) is 1. The molecule has 0 bridgehead atoms. The molecule has 0 heterocycles. The number of anilines is 1. The van der Waals surface area contributed by atoms with Gasteiger partial charge in [0.15, 0.2) is 0 Å². The van der Waals surface area contributed by atoms with Gasteiger partial charge < -0.3 is 5.32 Å². The molecule has 0 saturated heterocycles. The predicted octanol–water partition coefficient (Wildman–Crippen LogP) is 3.53. The number of benzene rings is 2. The van der Waals surface area contributed by atoms with E-state index in [9.17, 15) is 26.4 Å². The van der Waals surface area contributed by atoms with Gasteiger partial charge in [0.05, 0.1) is 17.0 Å². The molecule has 0 spiro atoms. The van der Waals surface area contributed by atoms with E-state index in [0.717, 1.165) is 30.8 Å². The van der Waals surface area contributed by atoms with Gasteiger partial charge in [-0.3, -0.25) is 4.79 Å². The number of amides is 1. The zero-order valence-corrected chi connectivity index (χ0v) is 15.6. The highest BCUT2D eigenvalue weighted by Crippen LogP contribution is 2.31. The van der Waals surface area contributed by atoms with Gasteiger partial charge in [-0.1, -0.05) is 31.2 Å². The van der Waals surface area contributed by atoms with Crippen molar-refractivity contribution in [2.24, 2.45) is 0 Å². The summed E-state index contributed by atoms with van der Waals surface area (Å²) >= 11 is 0. The first-order valence-electron chi connectivity index (χ1n) is 8.07. The van der Waals surface area contributed by atoms with E-state index in [2.05, 4.69) is 5.32 Å². The Morgan fingerprint density at radius 3 is 2.41 bits per heavy atom. The number of alkyl halides is 3. The van der Waals surface area contributed by atoms with E-state index in [0.29, 0.717) is 22.5 Å². The molecule has 0 aliphatic carbocycles. The van der Waals surface area contributed by atoms with Gasteiger partial charge >= 0.3 is 6.18 Å². The van der Waals surface area contributed by atoms with Gasteiger partial charge in [-0.05, 0) is 36.2 Å². The summed E-state index contributed by atoms with van der Waals surface area (Å²) in [7, 11) is -3.11. The van der Waals surface area contributed by atoms with E-state index in [1.165, 1.54) is 0 Å². The van der Waals surface area contributed by atoms with Gasteiger partial charge in [-0.2, -0.15) is 17.5 Å². The number of hydrogen-bond acceptors (Lipinski definition) is 3. The number of nitrogens with one attached hydrogen (secondary N) is 1. The number of carbonyl (C=O) groups is 1. The quantitative estimate of drug-likeness (QED) is 0.807. The minimum Gasteiger partial charge on any atom is -0.325 e. The molecule has 0 aliphatic rings. The van der Waals surface area contributed by atoms with Crippen LogP contribution < -0.4 is 5.32 Å². The van der Waals surface area contributed by atoms with E-state index in [1.807, 2.05) is 19.1 Å². The molecule has 2 rings (SSSR count). The van der Waals surface area contributed by atoms with Gasteiger partial charge in [0.1, 0.15) is 0 Å². The van der Waals surface area contributed by atoms with Crippen LogP contribution >= 0.6 is 0 Å². The van der Waals surface area contributed by atoms with Crippen LogP contribution in [-0.2, 0) is 27.4 Å². The maximum Gasteiger partial charge on any atom is 0.416 e. The van der Waals surface area contributed by atoms with Gasteiger partial charge in [-0.15, -0.1) is 0 Å². The number of sulfonamides is 1. The molecule has 0 fully saturated rings. The molecular weight excluding hydrogens is 381 g/mol. The summed E-state index contributed by atoms with van der Waals surface area (Å²) in [5.74, 6) is -0.589. The van der Waals surface area contributed by atoms with E-state index in [1.54, 1.807) is 12.1 Å². The fourth-order valence-electron chi connectivity index (χ4n) is 2.44. The number of nitrogens with zero attached hydrogens (tertiary/aromatic N) is 1. The molecular formula is C18H19F3N2O3S. The number of halogens is 3. The van der Waals surface area contributed by atoms with Gasteiger partial charge in [0.25, 0.3) is 0 Å². The van der Waals surface area contributed by atoms with E-state index >= 15 is 0 Å². The Bertz CT molecular complexity index is 927. The standard InChI is InChI=1S/C18H19F3N2O3S/c1-3-13-7-4-5-10-16(13)22-17(24)12-23(2)27(25,26)15-9-6-8-14(11-15)18(19,20)21/h4-11H,3,12H2,1-2H3,(H,22,24). The van der Waals surface area contributed by atoms with Gasteiger partial charge in [0, 0.05) is 12.7 Å². The van der Waals surface area contributed by atoms with Crippen molar-refractivity contribution in [3.8, 4) is 0 Å². The lowest BCUT2D eigenvalue weighted by Crippen LogP contribution is -2.35. The van der Waals surface area contributed by atoms with Crippen molar-refractivity contribution in [1.29, 1.82) is 0 Å². The molecule has 1 N–H and O–H groups in total. The second-order valence-corrected chi connectivity index (χ2v) is 7.89. The second-order valence-electron chi connectivity index (χ2n) is 5.85. The van der Waals surface area contributed by atoms with E-state index in [-0.39, 0.29) is 0 Å². The smallest absolute Gasteiger partial charge is 0.325 e. The van der Waals surface area contributed by atoms with E-state index in [4.69, 9.17) is 0 Å². The monoisotopic (exact) mass is 400 g/mol. The normalized spacial score (nSPS) is 12.2. The number of aryl methyl sites for hydroxylation is 1. The summed E-state index contributed by atoms with van der Waals surface area (Å²) in [5, 5.41) is 2.63. The van der Waals surface area contributed by atoms with Crippen molar-refractivity contribution in [1.82, 2.24) is 4.31 Å². The first-order valence-corrected chi connectivity index (χ1v) is 9.51. The lowest BCUT2D eigenvalue weighted by Gasteiger charge is -2.18. The average molecular weight is 400 g/mol. The Hall–Kier alpha value is -2.39. The molecule has 0 aromatic heterocycles. The number of carbonyl (C=O) groups excluding carboxylic acids is 1. The average Bonchev–Trinajstić information content (AvgIpc) is 2.61. The Morgan fingerprint density at radius 2 is 1.78 bits per heavy atom. The molecule has 0 unspecified atom stereocenters. The summed E-state index contributed by atoms with van der Waals surface area (Å²) < 4.78 is 64.1. The van der Waals surface area contributed by atoms with Crippen LogP contribution in [0.4, 0.5) is 18.9 Å². The zero-order chi connectivity index (χ0) is 20.2. The molecule has 1 amide bonds. The fourth-order valence-corrected chi connectivity index (χ4v) is 3.61. The van der Waals surface area contributed by atoms with Crippen molar-refractivity contribution in [2.75, 3.05) is 18.9 Å².